The number of aliphatic carboxylic acids is 1. The highest BCUT2D eigenvalue weighted by molar-refractivity contribution is 5.91. The first kappa shape index (κ1) is 13.6. The van der Waals surface area contributed by atoms with Gasteiger partial charge in [-0.25, -0.2) is 4.98 Å². The molecule has 0 aromatic carbocycles. The minimum Gasteiger partial charge on any atom is -0.481 e. The number of aryl methyl sites for hydroxylation is 1. The second-order valence-corrected chi connectivity index (χ2v) is 5.28. The van der Waals surface area contributed by atoms with Crippen molar-refractivity contribution in [3.8, 4) is 0 Å². The Morgan fingerprint density at radius 1 is 1.42 bits per heavy atom. The average molecular weight is 265 g/mol. The van der Waals surface area contributed by atoms with Crippen molar-refractivity contribution < 1.29 is 14.7 Å². The summed E-state index contributed by atoms with van der Waals surface area (Å²) in [6, 6.07) is 0. The van der Waals surface area contributed by atoms with E-state index in [0.29, 0.717) is 12.8 Å². The highest BCUT2D eigenvalue weighted by Gasteiger charge is 2.36. The molecule has 19 heavy (non-hydrogen) atoms. The number of aromatic nitrogens is 2. The van der Waals surface area contributed by atoms with Crippen molar-refractivity contribution in [2.75, 3.05) is 0 Å². The molecule has 1 amide bonds. The molecule has 3 N–H and O–H groups in total. The van der Waals surface area contributed by atoms with Crippen LogP contribution in [-0.2, 0) is 4.79 Å². The Hall–Kier alpha value is -1.85. The lowest BCUT2D eigenvalue weighted by Crippen LogP contribution is -2.51. The van der Waals surface area contributed by atoms with Crippen LogP contribution in [0.1, 0.15) is 54.8 Å². The molecule has 1 aromatic rings. The number of hydrogen-bond acceptors (Lipinski definition) is 3. The van der Waals surface area contributed by atoms with Gasteiger partial charge in [-0.1, -0.05) is 19.3 Å². The largest absolute Gasteiger partial charge is 0.481 e. The van der Waals surface area contributed by atoms with Crippen LogP contribution in [0.4, 0.5) is 0 Å². The monoisotopic (exact) mass is 265 g/mol. The normalized spacial score (nSPS) is 17.9. The molecule has 1 heterocycles. The Morgan fingerprint density at radius 3 is 2.63 bits per heavy atom. The summed E-state index contributed by atoms with van der Waals surface area (Å²) >= 11 is 0. The number of nitrogens with zero attached hydrogens (tertiary/aromatic N) is 1. The standard InChI is InChI=1S/C13H19N3O3/c1-9-8-14-11(15-9)12(19)16-13(7-10(17)18)5-3-2-4-6-13/h8H,2-7H2,1H3,(H,14,15)(H,16,19)(H,17,18). The zero-order valence-corrected chi connectivity index (χ0v) is 11.0. The molecule has 1 saturated carbocycles. The molecule has 0 bridgehead atoms. The maximum atomic E-state index is 12.1. The Bertz CT molecular complexity index is 475. The van der Waals surface area contributed by atoms with Crippen LogP contribution in [0.3, 0.4) is 0 Å². The first-order valence-corrected chi connectivity index (χ1v) is 6.57. The predicted octanol–water partition coefficient (Wildman–Crippen LogP) is 1.63. The second kappa shape index (κ2) is 5.42. The maximum absolute atomic E-state index is 12.1. The van der Waals surface area contributed by atoms with Crippen molar-refractivity contribution in [2.24, 2.45) is 0 Å². The number of carbonyl (C=O) groups is 2. The van der Waals surface area contributed by atoms with Crippen molar-refractivity contribution in [3.05, 3.63) is 17.7 Å². The van der Waals surface area contributed by atoms with E-state index < -0.39 is 11.5 Å². The first-order chi connectivity index (χ1) is 9.01. The Balaban J connectivity index is 2.11. The van der Waals surface area contributed by atoms with Crippen LogP contribution < -0.4 is 5.32 Å². The molecule has 0 spiro atoms. The summed E-state index contributed by atoms with van der Waals surface area (Å²) in [7, 11) is 0. The van der Waals surface area contributed by atoms with E-state index in [2.05, 4.69) is 15.3 Å². The average Bonchev–Trinajstić information content (AvgIpc) is 2.76. The number of aromatic amines is 1. The molecule has 1 aliphatic carbocycles. The first-order valence-electron chi connectivity index (χ1n) is 6.57. The van der Waals surface area contributed by atoms with E-state index in [0.717, 1.165) is 25.0 Å². The van der Waals surface area contributed by atoms with Crippen molar-refractivity contribution >= 4 is 11.9 Å². The van der Waals surface area contributed by atoms with Crippen LogP contribution >= 0.6 is 0 Å². The fraction of sp³-hybridized carbons (Fsp3) is 0.615. The van der Waals surface area contributed by atoms with Gasteiger partial charge in [-0.15, -0.1) is 0 Å². The van der Waals surface area contributed by atoms with Crippen molar-refractivity contribution in [2.45, 2.75) is 51.0 Å². The third-order valence-corrected chi connectivity index (χ3v) is 3.60. The van der Waals surface area contributed by atoms with Gasteiger partial charge in [-0.3, -0.25) is 9.59 Å². The summed E-state index contributed by atoms with van der Waals surface area (Å²) in [5.41, 5.74) is 0.183. The molecule has 2 rings (SSSR count). The molecule has 0 radical (unpaired) electrons. The van der Waals surface area contributed by atoms with E-state index >= 15 is 0 Å². The highest BCUT2D eigenvalue weighted by atomic mass is 16.4. The van der Waals surface area contributed by atoms with Crippen molar-refractivity contribution in [3.63, 3.8) is 0 Å². The molecule has 0 unspecified atom stereocenters. The molecule has 1 aliphatic rings. The summed E-state index contributed by atoms with van der Waals surface area (Å²) in [5.74, 6) is -0.957. The van der Waals surface area contributed by atoms with Crippen LogP contribution in [0, 0.1) is 6.92 Å². The predicted molar refractivity (Wildman–Crippen MR) is 68.9 cm³/mol. The van der Waals surface area contributed by atoms with Crippen LogP contribution in [0.2, 0.25) is 0 Å². The van der Waals surface area contributed by atoms with Gasteiger partial charge in [0.1, 0.15) is 0 Å². The van der Waals surface area contributed by atoms with Gasteiger partial charge in [0.15, 0.2) is 5.82 Å². The van der Waals surface area contributed by atoms with E-state index in [-0.39, 0.29) is 18.2 Å². The number of amides is 1. The molecular formula is C13H19N3O3. The Morgan fingerprint density at radius 2 is 2.11 bits per heavy atom. The number of nitrogens with one attached hydrogen (secondary N) is 2. The molecule has 0 aliphatic heterocycles. The van der Waals surface area contributed by atoms with Crippen LogP contribution in [-0.4, -0.2) is 32.5 Å². The Kier molecular flexibility index (Phi) is 3.87. The number of imidazole rings is 1. The van der Waals surface area contributed by atoms with Gasteiger partial charge >= 0.3 is 5.97 Å². The van der Waals surface area contributed by atoms with Gasteiger partial charge < -0.3 is 15.4 Å². The van der Waals surface area contributed by atoms with E-state index in [9.17, 15) is 9.59 Å². The lowest BCUT2D eigenvalue weighted by molar-refractivity contribution is -0.139. The van der Waals surface area contributed by atoms with Crippen LogP contribution in [0.5, 0.6) is 0 Å². The molecule has 1 aromatic heterocycles. The zero-order valence-electron chi connectivity index (χ0n) is 11.0. The number of rotatable bonds is 4. The van der Waals surface area contributed by atoms with Gasteiger partial charge in [0.2, 0.25) is 0 Å². The second-order valence-electron chi connectivity index (χ2n) is 5.28. The number of H-pyrrole nitrogens is 1. The quantitative estimate of drug-likeness (QED) is 0.771. The highest BCUT2D eigenvalue weighted by Crippen LogP contribution is 2.31. The minimum atomic E-state index is -0.877. The molecule has 6 nitrogen and oxygen atoms in total. The van der Waals surface area contributed by atoms with Gasteiger partial charge in [0.25, 0.3) is 5.91 Å². The molecule has 104 valence electrons. The van der Waals surface area contributed by atoms with E-state index in [1.54, 1.807) is 6.20 Å². The molecule has 6 heteroatoms. The van der Waals surface area contributed by atoms with Crippen LogP contribution in [0.15, 0.2) is 6.20 Å². The van der Waals surface area contributed by atoms with E-state index in [1.807, 2.05) is 6.92 Å². The number of carboxylic acid groups (broad SMARTS) is 1. The lowest BCUT2D eigenvalue weighted by atomic mass is 9.79. The third kappa shape index (κ3) is 3.33. The number of carbonyl (C=O) groups excluding carboxylic acids is 1. The zero-order chi connectivity index (χ0) is 13.9. The van der Waals surface area contributed by atoms with E-state index in [4.69, 9.17) is 5.11 Å². The summed E-state index contributed by atoms with van der Waals surface area (Å²) in [5, 5.41) is 11.9. The summed E-state index contributed by atoms with van der Waals surface area (Å²) in [4.78, 5) is 30.0. The summed E-state index contributed by atoms with van der Waals surface area (Å²) < 4.78 is 0. The smallest absolute Gasteiger partial charge is 0.305 e. The topological polar surface area (TPSA) is 95.1 Å². The minimum absolute atomic E-state index is 0.0293. The van der Waals surface area contributed by atoms with Crippen molar-refractivity contribution in [1.29, 1.82) is 0 Å². The summed E-state index contributed by atoms with van der Waals surface area (Å²) in [6.45, 7) is 1.82. The van der Waals surface area contributed by atoms with Gasteiger partial charge in [-0.2, -0.15) is 0 Å². The molecule has 1 fully saturated rings. The third-order valence-electron chi connectivity index (χ3n) is 3.60. The summed E-state index contributed by atoms with van der Waals surface area (Å²) in [6.07, 6.45) is 5.97. The van der Waals surface area contributed by atoms with Crippen LogP contribution in [0.25, 0.3) is 0 Å². The maximum Gasteiger partial charge on any atom is 0.305 e. The van der Waals surface area contributed by atoms with Gasteiger partial charge in [0.05, 0.1) is 12.0 Å². The molecular weight excluding hydrogens is 246 g/mol. The van der Waals surface area contributed by atoms with Crippen molar-refractivity contribution in [1.82, 2.24) is 15.3 Å². The molecule has 0 saturated heterocycles. The number of carboxylic acids is 1. The fourth-order valence-corrected chi connectivity index (χ4v) is 2.69. The molecule has 0 atom stereocenters. The van der Waals surface area contributed by atoms with Gasteiger partial charge in [0, 0.05) is 11.9 Å². The number of hydrogen-bond donors (Lipinski definition) is 3. The fourth-order valence-electron chi connectivity index (χ4n) is 2.69. The SMILES string of the molecule is Cc1cnc(C(=O)NC2(CC(=O)O)CCCCC2)[nH]1. The lowest BCUT2D eigenvalue weighted by Gasteiger charge is -2.36. The Labute approximate surface area is 111 Å². The van der Waals surface area contributed by atoms with Gasteiger partial charge in [-0.05, 0) is 19.8 Å². The van der Waals surface area contributed by atoms with E-state index in [1.165, 1.54) is 0 Å².